The maximum absolute atomic E-state index is 13.9. The number of fused-ring (bicyclic) bond motifs is 2. The Morgan fingerprint density at radius 1 is 0.852 bits per heavy atom. The molecule has 3 aromatic rings. The molecule has 0 spiro atoms. The Morgan fingerprint density at radius 3 is 2.44 bits per heavy atom. The van der Waals surface area contributed by atoms with E-state index in [1.807, 2.05) is 24.3 Å². The largest absolute Gasteiger partial charge is 0.207 e. The van der Waals surface area contributed by atoms with E-state index in [4.69, 9.17) is 5.26 Å². The fourth-order valence-corrected chi connectivity index (χ4v) is 3.43. The van der Waals surface area contributed by atoms with Gasteiger partial charge in [0.2, 0.25) is 0 Å². The van der Waals surface area contributed by atoms with Crippen LogP contribution in [-0.2, 0) is 12.8 Å². The van der Waals surface area contributed by atoms with E-state index in [1.54, 1.807) is 24.3 Å². The van der Waals surface area contributed by atoms with Crippen LogP contribution in [0.4, 0.5) is 8.78 Å². The predicted molar refractivity (Wildman–Crippen MR) is 102 cm³/mol. The summed E-state index contributed by atoms with van der Waals surface area (Å²) in [6.45, 7) is 0. The summed E-state index contributed by atoms with van der Waals surface area (Å²) in [5.41, 5.74) is 8.89. The lowest BCUT2D eigenvalue weighted by Crippen LogP contribution is -1.92. The van der Waals surface area contributed by atoms with Crippen LogP contribution in [0.25, 0.3) is 11.6 Å². The van der Waals surface area contributed by atoms with Gasteiger partial charge in [0.05, 0.1) is 5.56 Å². The second kappa shape index (κ2) is 7.03. The van der Waals surface area contributed by atoms with Gasteiger partial charge in [0.1, 0.15) is 17.7 Å². The SMILES string of the molecule is N#Cc1ccc(C=C=C2c3ccccc3CCc3cc(F)ccc32)cc1F. The number of hydrogen-bond acceptors (Lipinski definition) is 1. The summed E-state index contributed by atoms with van der Waals surface area (Å²) in [5.74, 6) is -0.806. The molecule has 0 bridgehead atoms. The summed E-state index contributed by atoms with van der Waals surface area (Å²) < 4.78 is 27.6. The molecule has 130 valence electrons. The second-order valence-electron chi connectivity index (χ2n) is 6.47. The summed E-state index contributed by atoms with van der Waals surface area (Å²) in [5, 5.41) is 8.86. The number of nitriles is 1. The van der Waals surface area contributed by atoms with Gasteiger partial charge in [-0.1, -0.05) is 36.4 Å². The zero-order valence-electron chi connectivity index (χ0n) is 14.5. The first-order chi connectivity index (χ1) is 13.2. The van der Waals surface area contributed by atoms with Crippen LogP contribution in [0, 0.1) is 23.0 Å². The predicted octanol–water partition coefficient (Wildman–Crippen LogP) is 5.68. The summed E-state index contributed by atoms with van der Waals surface area (Å²) in [6.07, 6.45) is 3.28. The Kier molecular flexibility index (Phi) is 4.42. The third-order valence-electron chi connectivity index (χ3n) is 4.78. The summed E-state index contributed by atoms with van der Waals surface area (Å²) in [7, 11) is 0. The fourth-order valence-electron chi connectivity index (χ4n) is 3.43. The fraction of sp³-hybridized carbons (Fsp3) is 0.0833. The van der Waals surface area contributed by atoms with Gasteiger partial charge in [-0.25, -0.2) is 8.78 Å². The zero-order valence-corrected chi connectivity index (χ0v) is 14.5. The highest BCUT2D eigenvalue weighted by molar-refractivity contribution is 5.85. The molecule has 0 radical (unpaired) electrons. The van der Waals surface area contributed by atoms with Crippen LogP contribution in [-0.4, -0.2) is 0 Å². The number of rotatable bonds is 1. The third-order valence-corrected chi connectivity index (χ3v) is 4.78. The van der Waals surface area contributed by atoms with E-state index in [0.717, 1.165) is 35.1 Å². The van der Waals surface area contributed by atoms with E-state index < -0.39 is 5.82 Å². The molecule has 0 saturated heterocycles. The lowest BCUT2D eigenvalue weighted by molar-refractivity contribution is 0.623. The molecule has 0 N–H and O–H groups in total. The van der Waals surface area contributed by atoms with Crippen molar-refractivity contribution in [3.05, 3.63) is 111 Å². The minimum atomic E-state index is -0.554. The molecule has 1 aliphatic carbocycles. The highest BCUT2D eigenvalue weighted by Gasteiger charge is 2.18. The number of halogens is 2. The maximum atomic E-state index is 13.9. The van der Waals surface area contributed by atoms with Crippen molar-refractivity contribution in [1.29, 1.82) is 5.26 Å². The normalized spacial score (nSPS) is 12.3. The topological polar surface area (TPSA) is 23.8 Å². The molecule has 3 aromatic carbocycles. The Bertz CT molecular complexity index is 1150. The molecule has 3 heteroatoms. The van der Waals surface area contributed by atoms with Crippen molar-refractivity contribution in [3.8, 4) is 6.07 Å². The second-order valence-corrected chi connectivity index (χ2v) is 6.47. The molecule has 27 heavy (non-hydrogen) atoms. The van der Waals surface area contributed by atoms with Crippen LogP contribution < -0.4 is 0 Å². The van der Waals surface area contributed by atoms with E-state index in [9.17, 15) is 8.78 Å². The van der Waals surface area contributed by atoms with E-state index in [1.165, 1.54) is 23.8 Å². The highest BCUT2D eigenvalue weighted by Crippen LogP contribution is 2.33. The van der Waals surface area contributed by atoms with E-state index in [2.05, 4.69) is 11.8 Å². The first-order valence-corrected chi connectivity index (χ1v) is 8.69. The van der Waals surface area contributed by atoms with Crippen LogP contribution in [0.1, 0.15) is 33.4 Å². The molecule has 0 unspecified atom stereocenters. The van der Waals surface area contributed by atoms with Crippen LogP contribution >= 0.6 is 0 Å². The summed E-state index contributed by atoms with van der Waals surface area (Å²) in [6, 6.07) is 19.1. The Morgan fingerprint density at radius 2 is 1.63 bits per heavy atom. The van der Waals surface area contributed by atoms with Crippen molar-refractivity contribution in [3.63, 3.8) is 0 Å². The Labute approximate surface area is 156 Å². The average Bonchev–Trinajstić information content (AvgIpc) is 2.83. The number of aryl methyl sites for hydroxylation is 2. The van der Waals surface area contributed by atoms with Crippen molar-refractivity contribution in [1.82, 2.24) is 0 Å². The van der Waals surface area contributed by atoms with Crippen LogP contribution in [0.5, 0.6) is 0 Å². The van der Waals surface area contributed by atoms with Crippen LogP contribution in [0.15, 0.2) is 66.4 Å². The molecule has 0 aliphatic heterocycles. The molecular formula is C24H15F2N. The third kappa shape index (κ3) is 3.31. The number of hydrogen-bond donors (Lipinski definition) is 0. The first kappa shape index (κ1) is 17.0. The zero-order chi connectivity index (χ0) is 18.8. The molecule has 1 nitrogen and oxygen atoms in total. The van der Waals surface area contributed by atoms with Gasteiger partial charge in [0.25, 0.3) is 0 Å². The van der Waals surface area contributed by atoms with Gasteiger partial charge >= 0.3 is 0 Å². The molecule has 0 aromatic heterocycles. The van der Waals surface area contributed by atoms with Crippen molar-refractivity contribution in [2.75, 3.05) is 0 Å². The molecule has 0 heterocycles. The Balaban J connectivity index is 1.92. The Hall–Kier alpha value is -3.47. The van der Waals surface area contributed by atoms with Crippen molar-refractivity contribution in [2.24, 2.45) is 0 Å². The molecule has 0 amide bonds. The molecule has 0 atom stereocenters. The minimum Gasteiger partial charge on any atom is -0.207 e. The number of benzene rings is 3. The van der Waals surface area contributed by atoms with E-state index in [0.29, 0.717) is 5.56 Å². The van der Waals surface area contributed by atoms with Gasteiger partial charge in [-0.2, -0.15) is 5.26 Å². The smallest absolute Gasteiger partial charge is 0.141 e. The number of nitrogens with zero attached hydrogens (tertiary/aromatic N) is 1. The summed E-state index contributed by atoms with van der Waals surface area (Å²) in [4.78, 5) is 0. The van der Waals surface area contributed by atoms with Gasteiger partial charge in [0.15, 0.2) is 0 Å². The molecule has 1 aliphatic rings. The van der Waals surface area contributed by atoms with Gasteiger partial charge in [-0.3, -0.25) is 0 Å². The van der Waals surface area contributed by atoms with Crippen LogP contribution in [0.2, 0.25) is 0 Å². The minimum absolute atomic E-state index is 0.0143. The molecular weight excluding hydrogens is 340 g/mol. The van der Waals surface area contributed by atoms with Gasteiger partial charge in [-0.05, 0) is 71.0 Å². The van der Waals surface area contributed by atoms with E-state index >= 15 is 0 Å². The quantitative estimate of drug-likeness (QED) is 0.515. The molecule has 0 fully saturated rings. The van der Waals surface area contributed by atoms with Gasteiger partial charge in [-0.15, -0.1) is 5.73 Å². The lowest BCUT2D eigenvalue weighted by Gasteiger charge is -2.09. The van der Waals surface area contributed by atoms with Gasteiger partial charge < -0.3 is 0 Å². The average molecular weight is 355 g/mol. The van der Waals surface area contributed by atoms with Crippen LogP contribution in [0.3, 0.4) is 0 Å². The molecule has 0 saturated carbocycles. The standard InChI is InChI=1S/C24H15F2N/c25-20-10-12-22-18(14-20)9-8-17-3-1-2-4-21(17)23(22)11-6-16-5-7-19(15-27)24(26)13-16/h1-7,10,12-14H,8-9H2. The molecule has 4 rings (SSSR count). The van der Waals surface area contributed by atoms with Crippen molar-refractivity contribution in [2.45, 2.75) is 12.8 Å². The highest BCUT2D eigenvalue weighted by atomic mass is 19.1. The van der Waals surface area contributed by atoms with Crippen molar-refractivity contribution < 1.29 is 8.78 Å². The van der Waals surface area contributed by atoms with E-state index in [-0.39, 0.29) is 11.4 Å². The lowest BCUT2D eigenvalue weighted by atomic mass is 9.94. The van der Waals surface area contributed by atoms with Crippen molar-refractivity contribution >= 4 is 11.6 Å². The monoisotopic (exact) mass is 355 g/mol. The summed E-state index contributed by atoms with van der Waals surface area (Å²) >= 11 is 0. The van der Waals surface area contributed by atoms with Gasteiger partial charge in [0, 0.05) is 5.57 Å². The first-order valence-electron chi connectivity index (χ1n) is 8.69. The maximum Gasteiger partial charge on any atom is 0.141 e.